The average molecular weight is 471 g/mol. The van der Waals surface area contributed by atoms with Crippen LogP contribution >= 0.6 is 22.9 Å². The van der Waals surface area contributed by atoms with Gasteiger partial charge < -0.3 is 14.5 Å². The highest BCUT2D eigenvalue weighted by Gasteiger charge is 2.23. The second-order valence-electron chi connectivity index (χ2n) is 7.32. The number of hydrogen-bond donors (Lipinski definition) is 1. The topological polar surface area (TPSA) is 74.8 Å². The number of anilines is 2. The highest BCUT2D eigenvalue weighted by molar-refractivity contribution is 7.14. The number of carbonyl (C=O) groups excluding carboxylic acids is 2. The van der Waals surface area contributed by atoms with Crippen LogP contribution in [-0.4, -0.2) is 55.0 Å². The monoisotopic (exact) mass is 470 g/mol. The van der Waals surface area contributed by atoms with Gasteiger partial charge in [0.2, 0.25) is 5.91 Å². The second-order valence-corrected chi connectivity index (χ2v) is 8.62. The Hall–Kier alpha value is -3.10. The molecule has 166 valence electrons. The van der Waals surface area contributed by atoms with Crippen LogP contribution in [0.1, 0.15) is 16.1 Å². The van der Waals surface area contributed by atoms with Gasteiger partial charge in [-0.05, 0) is 36.4 Å². The van der Waals surface area contributed by atoms with E-state index in [1.54, 1.807) is 36.8 Å². The van der Waals surface area contributed by atoms with Crippen molar-refractivity contribution in [2.45, 2.75) is 6.42 Å². The van der Waals surface area contributed by atoms with Gasteiger partial charge in [0.25, 0.3) is 5.91 Å². The zero-order chi connectivity index (χ0) is 22.5. The Balaban J connectivity index is 1.30. The summed E-state index contributed by atoms with van der Waals surface area (Å²) in [5, 5.41) is 5.61. The Bertz CT molecular complexity index is 1090. The number of aromatic nitrogens is 1. The molecule has 0 unspecified atom stereocenters. The summed E-state index contributed by atoms with van der Waals surface area (Å²) in [4.78, 5) is 33.6. The Morgan fingerprint density at radius 3 is 2.53 bits per heavy atom. The molecule has 0 saturated carbocycles. The average Bonchev–Trinajstić information content (AvgIpc) is 3.26. The summed E-state index contributed by atoms with van der Waals surface area (Å²) in [5.41, 5.74) is 2.19. The molecule has 1 saturated heterocycles. The van der Waals surface area contributed by atoms with E-state index in [-0.39, 0.29) is 18.2 Å². The highest BCUT2D eigenvalue weighted by atomic mass is 35.5. The number of halogens is 1. The fraction of sp³-hybridized carbons (Fsp3) is 0.261. The molecular formula is C23H23ClN4O3S. The maximum absolute atomic E-state index is 12.8. The van der Waals surface area contributed by atoms with Crippen molar-refractivity contribution >= 4 is 45.6 Å². The molecule has 4 rings (SSSR count). The SMILES string of the molecule is COc1ccccc1N1CCN(C(=O)Cc2csc(NC(=O)c3ccc(Cl)cc3)n2)CC1. The third-order valence-corrected chi connectivity index (χ3v) is 6.33. The van der Waals surface area contributed by atoms with Crippen LogP contribution in [0.5, 0.6) is 5.75 Å². The van der Waals surface area contributed by atoms with Gasteiger partial charge in [0, 0.05) is 42.1 Å². The summed E-state index contributed by atoms with van der Waals surface area (Å²) < 4.78 is 5.45. The Labute approximate surface area is 195 Å². The molecule has 32 heavy (non-hydrogen) atoms. The number of rotatable bonds is 6. The predicted molar refractivity (Wildman–Crippen MR) is 127 cm³/mol. The van der Waals surface area contributed by atoms with Gasteiger partial charge in [-0.25, -0.2) is 4.98 Å². The Kier molecular flexibility index (Phi) is 6.92. The lowest BCUT2D eigenvalue weighted by Crippen LogP contribution is -2.49. The summed E-state index contributed by atoms with van der Waals surface area (Å²) >= 11 is 7.16. The summed E-state index contributed by atoms with van der Waals surface area (Å²) in [5.74, 6) is 0.606. The van der Waals surface area contributed by atoms with Gasteiger partial charge >= 0.3 is 0 Å². The Morgan fingerprint density at radius 2 is 1.81 bits per heavy atom. The number of carbonyl (C=O) groups is 2. The first-order valence-electron chi connectivity index (χ1n) is 10.2. The number of ether oxygens (including phenoxy) is 1. The molecule has 9 heteroatoms. The molecule has 2 amide bonds. The number of nitrogens with one attached hydrogen (secondary N) is 1. The molecular weight excluding hydrogens is 448 g/mol. The molecule has 1 fully saturated rings. The molecule has 1 aromatic heterocycles. The fourth-order valence-electron chi connectivity index (χ4n) is 3.57. The van der Waals surface area contributed by atoms with Crippen LogP contribution in [-0.2, 0) is 11.2 Å². The zero-order valence-electron chi connectivity index (χ0n) is 17.6. The molecule has 7 nitrogen and oxygen atoms in total. The number of hydrogen-bond acceptors (Lipinski definition) is 6. The molecule has 0 bridgehead atoms. The minimum atomic E-state index is -0.263. The van der Waals surface area contributed by atoms with Crippen molar-refractivity contribution in [1.29, 1.82) is 0 Å². The van der Waals surface area contributed by atoms with E-state index in [1.165, 1.54) is 11.3 Å². The van der Waals surface area contributed by atoms with E-state index in [1.807, 2.05) is 29.2 Å². The van der Waals surface area contributed by atoms with Crippen molar-refractivity contribution in [2.24, 2.45) is 0 Å². The number of thiazole rings is 1. The minimum Gasteiger partial charge on any atom is -0.495 e. The van der Waals surface area contributed by atoms with E-state index in [2.05, 4.69) is 15.2 Å². The molecule has 2 aromatic carbocycles. The number of nitrogens with zero attached hydrogens (tertiary/aromatic N) is 3. The van der Waals surface area contributed by atoms with E-state index in [4.69, 9.17) is 16.3 Å². The lowest BCUT2D eigenvalue weighted by molar-refractivity contribution is -0.130. The molecule has 0 spiro atoms. The van der Waals surface area contributed by atoms with Crippen molar-refractivity contribution in [3.05, 3.63) is 70.2 Å². The quantitative estimate of drug-likeness (QED) is 0.590. The van der Waals surface area contributed by atoms with Crippen LogP contribution in [0.25, 0.3) is 0 Å². The molecule has 2 heterocycles. The van der Waals surface area contributed by atoms with Crippen LogP contribution in [0.3, 0.4) is 0 Å². The normalized spacial score (nSPS) is 13.7. The van der Waals surface area contributed by atoms with E-state index in [0.717, 1.165) is 24.5 Å². The number of para-hydroxylation sites is 2. The third-order valence-electron chi connectivity index (χ3n) is 5.27. The van der Waals surface area contributed by atoms with Crippen LogP contribution in [0, 0.1) is 0 Å². The van der Waals surface area contributed by atoms with Crippen molar-refractivity contribution < 1.29 is 14.3 Å². The number of piperazine rings is 1. The van der Waals surface area contributed by atoms with Crippen LogP contribution in [0.2, 0.25) is 5.02 Å². The molecule has 0 atom stereocenters. The predicted octanol–water partition coefficient (Wildman–Crippen LogP) is 3.95. The Morgan fingerprint density at radius 1 is 1.09 bits per heavy atom. The van der Waals surface area contributed by atoms with Crippen molar-refractivity contribution in [2.75, 3.05) is 43.5 Å². The van der Waals surface area contributed by atoms with Gasteiger partial charge in [0.05, 0.1) is 24.9 Å². The summed E-state index contributed by atoms with van der Waals surface area (Å²) in [6, 6.07) is 14.5. The van der Waals surface area contributed by atoms with E-state index < -0.39 is 0 Å². The third kappa shape index (κ3) is 5.20. The number of amides is 2. The van der Waals surface area contributed by atoms with Gasteiger partial charge in [-0.15, -0.1) is 11.3 Å². The van der Waals surface area contributed by atoms with Crippen LogP contribution in [0.4, 0.5) is 10.8 Å². The van der Waals surface area contributed by atoms with Gasteiger partial charge in [-0.3, -0.25) is 14.9 Å². The van der Waals surface area contributed by atoms with Gasteiger partial charge in [-0.1, -0.05) is 23.7 Å². The maximum Gasteiger partial charge on any atom is 0.257 e. The standard InChI is InChI=1S/C23H23ClN4O3S/c1-31-20-5-3-2-4-19(20)27-10-12-28(13-11-27)21(29)14-18-15-32-23(25-18)26-22(30)16-6-8-17(24)9-7-16/h2-9,15H,10-14H2,1H3,(H,25,26,30). The van der Waals surface area contributed by atoms with Crippen molar-refractivity contribution in [3.63, 3.8) is 0 Å². The summed E-state index contributed by atoms with van der Waals surface area (Å²) in [6.07, 6.45) is 0.210. The van der Waals surface area contributed by atoms with E-state index >= 15 is 0 Å². The molecule has 0 aliphatic carbocycles. The minimum absolute atomic E-state index is 0.0329. The lowest BCUT2D eigenvalue weighted by Gasteiger charge is -2.36. The van der Waals surface area contributed by atoms with Gasteiger partial charge in [-0.2, -0.15) is 0 Å². The molecule has 1 aliphatic heterocycles. The molecule has 1 N–H and O–H groups in total. The summed E-state index contributed by atoms with van der Waals surface area (Å²) in [7, 11) is 1.67. The van der Waals surface area contributed by atoms with Gasteiger partial charge in [0.15, 0.2) is 5.13 Å². The summed E-state index contributed by atoms with van der Waals surface area (Å²) in [6.45, 7) is 2.76. The van der Waals surface area contributed by atoms with E-state index in [0.29, 0.717) is 34.5 Å². The van der Waals surface area contributed by atoms with Crippen LogP contribution < -0.4 is 15.0 Å². The molecule has 0 radical (unpaired) electrons. The maximum atomic E-state index is 12.8. The highest BCUT2D eigenvalue weighted by Crippen LogP contribution is 2.28. The molecule has 3 aromatic rings. The van der Waals surface area contributed by atoms with Crippen molar-refractivity contribution in [1.82, 2.24) is 9.88 Å². The first-order chi connectivity index (χ1) is 15.5. The smallest absolute Gasteiger partial charge is 0.257 e. The van der Waals surface area contributed by atoms with Crippen LogP contribution in [0.15, 0.2) is 53.9 Å². The first-order valence-corrected chi connectivity index (χ1v) is 11.5. The largest absolute Gasteiger partial charge is 0.495 e. The lowest BCUT2D eigenvalue weighted by atomic mass is 10.2. The van der Waals surface area contributed by atoms with Crippen molar-refractivity contribution in [3.8, 4) is 5.75 Å². The first kappa shape index (κ1) is 22.1. The van der Waals surface area contributed by atoms with Gasteiger partial charge in [0.1, 0.15) is 5.75 Å². The van der Waals surface area contributed by atoms with E-state index in [9.17, 15) is 9.59 Å². The zero-order valence-corrected chi connectivity index (χ0v) is 19.2. The number of methoxy groups -OCH3 is 1. The fourth-order valence-corrected chi connectivity index (χ4v) is 4.40. The second kappa shape index (κ2) is 10.0. The number of benzene rings is 2. The molecule has 1 aliphatic rings.